The molecule has 1 aliphatic rings. The van der Waals surface area contributed by atoms with Gasteiger partial charge in [-0.1, -0.05) is 29.6 Å². The number of rotatable bonds is 6. The van der Waals surface area contributed by atoms with Gasteiger partial charge in [0.05, 0.1) is 27.1 Å². The molecule has 1 aliphatic carbocycles. The minimum absolute atomic E-state index is 0.0855. The molecule has 1 aromatic carbocycles. The van der Waals surface area contributed by atoms with Crippen LogP contribution in [0.15, 0.2) is 12.1 Å². The van der Waals surface area contributed by atoms with E-state index < -0.39 is 10.9 Å². The summed E-state index contributed by atoms with van der Waals surface area (Å²) in [6, 6.07) is 2.45. The molecule has 21 heavy (non-hydrogen) atoms. The van der Waals surface area contributed by atoms with E-state index in [-0.39, 0.29) is 27.6 Å². The topological polar surface area (TPSA) is 92.5 Å². The molecule has 0 heterocycles. The summed E-state index contributed by atoms with van der Waals surface area (Å²) >= 11 is 12.0. The lowest BCUT2D eigenvalue weighted by Crippen LogP contribution is -2.38. The summed E-state index contributed by atoms with van der Waals surface area (Å²) in [5.74, 6) is -0.836. The predicted octanol–water partition coefficient (Wildman–Crippen LogP) is 3.96. The number of anilines is 1. The molecule has 0 saturated heterocycles. The smallest absolute Gasteiger partial charge is 0.303 e. The Morgan fingerprint density at radius 1 is 1.38 bits per heavy atom. The quantitative estimate of drug-likeness (QED) is 0.607. The highest BCUT2D eigenvalue weighted by Crippen LogP contribution is 2.45. The Hall–Kier alpha value is -1.53. The van der Waals surface area contributed by atoms with Crippen LogP contribution in [0.4, 0.5) is 11.4 Å². The molecular weight excluding hydrogens is 319 g/mol. The second-order valence-corrected chi connectivity index (χ2v) is 6.13. The Balaban J connectivity index is 2.13. The summed E-state index contributed by atoms with van der Waals surface area (Å²) in [6.45, 7) is 0.427. The van der Waals surface area contributed by atoms with Gasteiger partial charge in [-0.05, 0) is 18.3 Å². The zero-order valence-electron chi connectivity index (χ0n) is 11.1. The number of nitro benzene ring substituents is 1. The normalized spacial score (nSPS) is 16.1. The maximum Gasteiger partial charge on any atom is 0.303 e. The molecule has 0 bridgehead atoms. The van der Waals surface area contributed by atoms with E-state index in [4.69, 9.17) is 28.3 Å². The summed E-state index contributed by atoms with van der Waals surface area (Å²) in [7, 11) is 0. The van der Waals surface area contributed by atoms with Crippen LogP contribution < -0.4 is 5.32 Å². The van der Waals surface area contributed by atoms with Gasteiger partial charge >= 0.3 is 5.97 Å². The molecule has 1 fully saturated rings. The predicted molar refractivity (Wildman–Crippen MR) is 80.1 cm³/mol. The molecule has 6 nitrogen and oxygen atoms in total. The Bertz CT molecular complexity index is 565. The van der Waals surface area contributed by atoms with Gasteiger partial charge in [-0.3, -0.25) is 14.9 Å². The van der Waals surface area contributed by atoms with Gasteiger partial charge in [0.1, 0.15) is 0 Å². The largest absolute Gasteiger partial charge is 0.481 e. The highest BCUT2D eigenvalue weighted by atomic mass is 35.5. The van der Waals surface area contributed by atoms with Crippen LogP contribution in [0.25, 0.3) is 0 Å². The Kier molecular flexibility index (Phi) is 4.58. The van der Waals surface area contributed by atoms with Crippen molar-refractivity contribution in [3.05, 3.63) is 32.3 Å². The molecule has 1 aromatic rings. The van der Waals surface area contributed by atoms with E-state index in [1.54, 1.807) is 0 Å². The van der Waals surface area contributed by atoms with Gasteiger partial charge in [-0.15, -0.1) is 0 Å². The van der Waals surface area contributed by atoms with E-state index in [1.165, 1.54) is 12.1 Å². The molecule has 0 aliphatic heterocycles. The number of hydrogen-bond donors (Lipinski definition) is 2. The van der Waals surface area contributed by atoms with Crippen LogP contribution in [0.2, 0.25) is 10.0 Å². The van der Waals surface area contributed by atoms with Crippen molar-refractivity contribution in [1.82, 2.24) is 0 Å². The fourth-order valence-electron chi connectivity index (χ4n) is 2.52. The molecule has 1 saturated carbocycles. The van der Waals surface area contributed by atoms with Crippen molar-refractivity contribution < 1.29 is 14.8 Å². The molecule has 8 heteroatoms. The standard InChI is InChI=1S/C13H14Cl2N2O4/c14-9-4-8(17(20)21)5-10(15)12(9)16-7-13(2-1-3-13)6-11(18)19/h4-5,16H,1-3,6-7H2,(H,18,19). The Morgan fingerprint density at radius 3 is 2.33 bits per heavy atom. The number of carboxylic acid groups (broad SMARTS) is 1. The Labute approximate surface area is 131 Å². The van der Waals surface area contributed by atoms with Gasteiger partial charge in [0.25, 0.3) is 5.69 Å². The first kappa shape index (κ1) is 15.9. The van der Waals surface area contributed by atoms with Crippen LogP contribution in [0.3, 0.4) is 0 Å². The zero-order chi connectivity index (χ0) is 15.6. The third-order valence-electron chi connectivity index (χ3n) is 3.82. The number of non-ortho nitro benzene ring substituents is 1. The number of aliphatic carboxylic acids is 1. The van der Waals surface area contributed by atoms with Crippen molar-refractivity contribution in [2.45, 2.75) is 25.7 Å². The van der Waals surface area contributed by atoms with Crippen molar-refractivity contribution in [3.63, 3.8) is 0 Å². The highest BCUT2D eigenvalue weighted by molar-refractivity contribution is 6.39. The van der Waals surface area contributed by atoms with E-state index in [0.717, 1.165) is 19.3 Å². The number of nitro groups is 1. The van der Waals surface area contributed by atoms with Crippen LogP contribution in [0, 0.1) is 15.5 Å². The number of carbonyl (C=O) groups is 1. The molecule has 2 rings (SSSR count). The minimum atomic E-state index is -0.836. The summed E-state index contributed by atoms with van der Waals surface area (Å²) in [5, 5.41) is 23.0. The van der Waals surface area contributed by atoms with Crippen LogP contribution in [-0.4, -0.2) is 22.5 Å². The second kappa shape index (κ2) is 6.07. The summed E-state index contributed by atoms with van der Waals surface area (Å²) in [6.07, 6.45) is 2.74. The monoisotopic (exact) mass is 332 g/mol. The molecule has 0 unspecified atom stereocenters. The first-order valence-corrected chi connectivity index (χ1v) is 7.18. The average Bonchev–Trinajstić information content (AvgIpc) is 2.33. The van der Waals surface area contributed by atoms with Crippen molar-refractivity contribution in [2.75, 3.05) is 11.9 Å². The maximum atomic E-state index is 10.9. The van der Waals surface area contributed by atoms with Gasteiger partial charge < -0.3 is 10.4 Å². The lowest BCUT2D eigenvalue weighted by molar-refractivity contribution is -0.384. The minimum Gasteiger partial charge on any atom is -0.481 e. The van der Waals surface area contributed by atoms with Crippen molar-refractivity contribution in [3.8, 4) is 0 Å². The third-order valence-corrected chi connectivity index (χ3v) is 4.41. The second-order valence-electron chi connectivity index (χ2n) is 5.32. The van der Waals surface area contributed by atoms with Gasteiger partial charge in [-0.25, -0.2) is 0 Å². The fourth-order valence-corrected chi connectivity index (χ4v) is 3.13. The van der Waals surface area contributed by atoms with Gasteiger partial charge in [0, 0.05) is 18.7 Å². The molecular formula is C13H14Cl2N2O4. The van der Waals surface area contributed by atoms with E-state index in [1.807, 2.05) is 0 Å². The molecule has 0 radical (unpaired) electrons. The first-order chi connectivity index (χ1) is 9.83. The van der Waals surface area contributed by atoms with Gasteiger partial charge in [-0.2, -0.15) is 0 Å². The number of carboxylic acids is 1. The lowest BCUT2D eigenvalue weighted by Gasteiger charge is -2.41. The highest BCUT2D eigenvalue weighted by Gasteiger charge is 2.39. The van der Waals surface area contributed by atoms with E-state index in [0.29, 0.717) is 12.2 Å². The number of hydrogen-bond acceptors (Lipinski definition) is 4. The summed E-state index contributed by atoms with van der Waals surface area (Å²) in [5.41, 5.74) is -0.0691. The number of nitrogens with zero attached hydrogens (tertiary/aromatic N) is 1. The van der Waals surface area contributed by atoms with Gasteiger partial charge in [0.2, 0.25) is 0 Å². The van der Waals surface area contributed by atoms with Crippen LogP contribution in [0.5, 0.6) is 0 Å². The fraction of sp³-hybridized carbons (Fsp3) is 0.462. The van der Waals surface area contributed by atoms with E-state index in [9.17, 15) is 14.9 Å². The van der Waals surface area contributed by atoms with Gasteiger partial charge in [0.15, 0.2) is 0 Å². The zero-order valence-corrected chi connectivity index (χ0v) is 12.6. The van der Waals surface area contributed by atoms with Crippen LogP contribution >= 0.6 is 23.2 Å². The van der Waals surface area contributed by atoms with Crippen molar-refractivity contribution in [1.29, 1.82) is 0 Å². The maximum absolute atomic E-state index is 10.9. The molecule has 114 valence electrons. The molecule has 0 aromatic heterocycles. The molecule has 0 atom stereocenters. The summed E-state index contributed by atoms with van der Waals surface area (Å²) < 4.78 is 0. The lowest BCUT2D eigenvalue weighted by atomic mass is 9.66. The Morgan fingerprint density at radius 2 is 1.95 bits per heavy atom. The van der Waals surface area contributed by atoms with Crippen molar-refractivity contribution in [2.24, 2.45) is 5.41 Å². The van der Waals surface area contributed by atoms with Crippen LogP contribution in [-0.2, 0) is 4.79 Å². The van der Waals surface area contributed by atoms with E-state index in [2.05, 4.69) is 5.32 Å². The molecule has 2 N–H and O–H groups in total. The van der Waals surface area contributed by atoms with E-state index >= 15 is 0 Å². The SMILES string of the molecule is O=C(O)CC1(CNc2c(Cl)cc([N+](=O)[O-])cc2Cl)CCC1. The molecule has 0 amide bonds. The third kappa shape index (κ3) is 3.57. The summed E-state index contributed by atoms with van der Waals surface area (Å²) in [4.78, 5) is 21.1. The first-order valence-electron chi connectivity index (χ1n) is 6.42. The average molecular weight is 333 g/mol. The van der Waals surface area contributed by atoms with Crippen LogP contribution in [0.1, 0.15) is 25.7 Å². The number of halogens is 2. The van der Waals surface area contributed by atoms with Crippen molar-refractivity contribution >= 4 is 40.5 Å². The number of benzene rings is 1. The molecule has 0 spiro atoms. The number of nitrogens with one attached hydrogen (secondary N) is 1.